The van der Waals surface area contributed by atoms with Crippen LogP contribution < -0.4 is 4.90 Å². The Balaban J connectivity index is 1.68. The molecule has 182 valence electrons. The highest BCUT2D eigenvalue weighted by Crippen LogP contribution is 2.47. The summed E-state index contributed by atoms with van der Waals surface area (Å²) >= 11 is 8.67. The number of benzene rings is 5. The molecule has 6 aromatic rings. The van der Waals surface area contributed by atoms with Gasteiger partial charge in [-0.15, -0.1) is 11.3 Å². The Labute approximate surface area is 227 Å². The third-order valence-electron chi connectivity index (χ3n) is 6.94. The van der Waals surface area contributed by atoms with Gasteiger partial charge in [-0.05, 0) is 52.3 Å². The molecule has 1 aromatic heterocycles. The van der Waals surface area contributed by atoms with Crippen molar-refractivity contribution in [3.05, 3.63) is 125 Å². The van der Waals surface area contributed by atoms with Crippen LogP contribution in [-0.4, -0.2) is 0 Å². The summed E-state index contributed by atoms with van der Waals surface area (Å²) < 4.78 is 1.27. The van der Waals surface area contributed by atoms with E-state index in [1.54, 1.807) is 11.3 Å². The molecule has 6 rings (SSSR count). The zero-order valence-electron chi connectivity index (χ0n) is 21.2. The number of rotatable bonds is 4. The Morgan fingerprint density at radius 3 is 2.16 bits per heavy atom. The molecule has 5 aromatic carbocycles. The summed E-state index contributed by atoms with van der Waals surface area (Å²) in [5, 5.41) is 6.44. The summed E-state index contributed by atoms with van der Waals surface area (Å²) in [6.45, 7) is 6.80. The smallest absolute Gasteiger partial charge is 0.0647 e. The molecule has 0 radical (unpaired) electrons. The van der Waals surface area contributed by atoms with Crippen LogP contribution in [0.1, 0.15) is 26.3 Å². The molecule has 0 spiro atoms. The Bertz CT molecular complexity index is 1730. The van der Waals surface area contributed by atoms with Crippen molar-refractivity contribution in [3.8, 4) is 11.1 Å². The molecule has 1 heterocycles. The van der Waals surface area contributed by atoms with Crippen LogP contribution in [0.15, 0.2) is 115 Å². The fraction of sp³-hybridized carbons (Fsp3) is 0.118. The zero-order chi connectivity index (χ0) is 25.6. The summed E-state index contributed by atoms with van der Waals surface area (Å²) in [6, 6.07) is 38.9. The molecule has 37 heavy (non-hydrogen) atoms. The van der Waals surface area contributed by atoms with Crippen molar-refractivity contribution in [3.63, 3.8) is 0 Å². The van der Waals surface area contributed by atoms with Crippen molar-refractivity contribution < 1.29 is 0 Å². The number of anilines is 3. The van der Waals surface area contributed by atoms with Gasteiger partial charge in [0.2, 0.25) is 0 Å². The van der Waals surface area contributed by atoms with E-state index in [1.165, 1.54) is 26.8 Å². The molecule has 0 saturated heterocycles. The second kappa shape index (κ2) is 9.37. The van der Waals surface area contributed by atoms with Gasteiger partial charge in [-0.25, -0.2) is 0 Å². The highest BCUT2D eigenvalue weighted by Gasteiger charge is 2.23. The van der Waals surface area contributed by atoms with Gasteiger partial charge < -0.3 is 4.90 Å². The molecule has 0 fully saturated rings. The molecule has 0 amide bonds. The van der Waals surface area contributed by atoms with E-state index < -0.39 is 0 Å². The highest BCUT2D eigenvalue weighted by atomic mass is 35.5. The maximum atomic E-state index is 6.89. The van der Waals surface area contributed by atoms with Crippen molar-refractivity contribution in [2.75, 3.05) is 4.90 Å². The maximum absolute atomic E-state index is 6.89. The lowest BCUT2D eigenvalue weighted by atomic mass is 9.84. The fourth-order valence-corrected chi connectivity index (χ4v) is 6.18. The minimum absolute atomic E-state index is 0.0359. The van der Waals surface area contributed by atoms with E-state index in [0.717, 1.165) is 32.9 Å². The molecular formula is C34H28ClNS. The Morgan fingerprint density at radius 1 is 0.676 bits per heavy atom. The average molecular weight is 518 g/mol. The summed E-state index contributed by atoms with van der Waals surface area (Å²) in [5.74, 6) is 0. The van der Waals surface area contributed by atoms with Gasteiger partial charge in [-0.1, -0.05) is 111 Å². The minimum atomic E-state index is 0.0359. The average Bonchev–Trinajstić information content (AvgIpc) is 3.33. The van der Waals surface area contributed by atoms with E-state index in [-0.39, 0.29) is 5.41 Å². The van der Waals surface area contributed by atoms with Crippen LogP contribution in [0.4, 0.5) is 17.1 Å². The quantitative estimate of drug-likeness (QED) is 0.225. The molecule has 3 heteroatoms. The normalized spacial score (nSPS) is 11.8. The van der Waals surface area contributed by atoms with Crippen LogP contribution >= 0.6 is 22.9 Å². The third-order valence-corrected chi connectivity index (χ3v) is 8.21. The van der Waals surface area contributed by atoms with Crippen LogP contribution in [-0.2, 0) is 5.41 Å². The molecule has 0 bridgehead atoms. The standard InChI is InChI=1S/C34H28ClNS/c1-34(2,3)25-17-18-31(29(20-25)23-11-5-4-6-12-23)36(32-22-37-33-16-10-9-15-28(32)33)26-19-24-13-7-8-14-27(24)30(35)21-26/h4-22H,1-3H3. The van der Waals surface area contributed by atoms with Gasteiger partial charge in [0, 0.05) is 32.1 Å². The molecule has 0 unspecified atom stereocenters. The van der Waals surface area contributed by atoms with Crippen molar-refractivity contribution in [2.45, 2.75) is 26.2 Å². The summed E-state index contributed by atoms with van der Waals surface area (Å²) in [6.07, 6.45) is 0. The lowest BCUT2D eigenvalue weighted by Gasteiger charge is -2.30. The topological polar surface area (TPSA) is 3.24 Å². The van der Waals surface area contributed by atoms with Crippen LogP contribution in [0.25, 0.3) is 32.0 Å². The lowest BCUT2D eigenvalue weighted by molar-refractivity contribution is 0.590. The Hall–Kier alpha value is -3.59. The van der Waals surface area contributed by atoms with E-state index >= 15 is 0 Å². The van der Waals surface area contributed by atoms with Gasteiger partial charge in [-0.3, -0.25) is 0 Å². The molecule has 0 aliphatic carbocycles. The summed E-state index contributed by atoms with van der Waals surface area (Å²) in [7, 11) is 0. The molecule has 0 atom stereocenters. The SMILES string of the molecule is CC(C)(C)c1ccc(N(c2cc(Cl)c3ccccc3c2)c2csc3ccccc23)c(-c2ccccc2)c1. The van der Waals surface area contributed by atoms with E-state index in [9.17, 15) is 0 Å². The van der Waals surface area contributed by atoms with E-state index in [0.29, 0.717) is 0 Å². The van der Waals surface area contributed by atoms with Crippen molar-refractivity contribution in [1.82, 2.24) is 0 Å². The monoisotopic (exact) mass is 517 g/mol. The van der Waals surface area contributed by atoms with E-state index in [1.807, 2.05) is 6.07 Å². The predicted molar refractivity (Wildman–Crippen MR) is 163 cm³/mol. The largest absolute Gasteiger partial charge is 0.308 e. The number of nitrogens with zero attached hydrogens (tertiary/aromatic N) is 1. The van der Waals surface area contributed by atoms with Gasteiger partial charge in [0.05, 0.1) is 16.4 Å². The molecule has 0 saturated carbocycles. The minimum Gasteiger partial charge on any atom is -0.308 e. The van der Waals surface area contributed by atoms with Gasteiger partial charge in [0.15, 0.2) is 0 Å². The summed E-state index contributed by atoms with van der Waals surface area (Å²) in [4.78, 5) is 2.38. The second-order valence-electron chi connectivity index (χ2n) is 10.4. The van der Waals surface area contributed by atoms with Crippen LogP contribution in [0.5, 0.6) is 0 Å². The highest BCUT2D eigenvalue weighted by molar-refractivity contribution is 7.17. The van der Waals surface area contributed by atoms with Crippen LogP contribution in [0.2, 0.25) is 5.02 Å². The molecule has 0 N–H and O–H groups in total. The van der Waals surface area contributed by atoms with Crippen molar-refractivity contribution >= 4 is 60.9 Å². The van der Waals surface area contributed by atoms with E-state index in [2.05, 4.69) is 134 Å². The Kier molecular flexibility index (Phi) is 6.03. The van der Waals surface area contributed by atoms with Crippen molar-refractivity contribution in [1.29, 1.82) is 0 Å². The summed E-state index contributed by atoms with van der Waals surface area (Å²) in [5.41, 5.74) is 7.08. The predicted octanol–water partition coefficient (Wildman–Crippen LogP) is 11.1. The molecule has 1 nitrogen and oxygen atoms in total. The number of halogens is 1. The van der Waals surface area contributed by atoms with Crippen LogP contribution in [0.3, 0.4) is 0 Å². The van der Waals surface area contributed by atoms with Crippen molar-refractivity contribution in [2.24, 2.45) is 0 Å². The van der Waals surface area contributed by atoms with Gasteiger partial charge in [-0.2, -0.15) is 0 Å². The molecular weight excluding hydrogens is 490 g/mol. The van der Waals surface area contributed by atoms with Gasteiger partial charge >= 0.3 is 0 Å². The van der Waals surface area contributed by atoms with E-state index in [4.69, 9.17) is 11.6 Å². The second-order valence-corrected chi connectivity index (χ2v) is 11.8. The first-order valence-corrected chi connectivity index (χ1v) is 13.8. The Morgan fingerprint density at radius 2 is 1.38 bits per heavy atom. The first-order chi connectivity index (χ1) is 17.9. The molecule has 0 aliphatic rings. The first-order valence-electron chi connectivity index (χ1n) is 12.5. The molecule has 0 aliphatic heterocycles. The maximum Gasteiger partial charge on any atom is 0.0647 e. The fourth-order valence-electron chi connectivity index (χ4n) is 4.97. The lowest BCUT2D eigenvalue weighted by Crippen LogP contribution is -2.14. The third kappa shape index (κ3) is 4.41. The number of hydrogen-bond donors (Lipinski definition) is 0. The zero-order valence-corrected chi connectivity index (χ0v) is 22.8. The van der Waals surface area contributed by atoms with Gasteiger partial charge in [0.25, 0.3) is 0 Å². The number of thiophene rings is 1. The van der Waals surface area contributed by atoms with Crippen LogP contribution in [0, 0.1) is 0 Å². The first kappa shape index (κ1) is 23.8. The number of hydrogen-bond acceptors (Lipinski definition) is 2. The number of fused-ring (bicyclic) bond motifs is 2. The van der Waals surface area contributed by atoms with Gasteiger partial charge in [0.1, 0.15) is 0 Å².